The van der Waals surface area contributed by atoms with Gasteiger partial charge in [0.25, 0.3) is 0 Å². The van der Waals surface area contributed by atoms with Gasteiger partial charge in [0.15, 0.2) is 0 Å². The van der Waals surface area contributed by atoms with Crippen LogP contribution in [0.1, 0.15) is 12.5 Å². The second kappa shape index (κ2) is 3.75. The number of benzene rings is 1. The van der Waals surface area contributed by atoms with Crippen LogP contribution in [0.3, 0.4) is 0 Å². The van der Waals surface area contributed by atoms with E-state index < -0.39 is 0 Å². The van der Waals surface area contributed by atoms with E-state index in [1.807, 2.05) is 18.3 Å². The van der Waals surface area contributed by atoms with Gasteiger partial charge in [-0.3, -0.25) is 0 Å². The van der Waals surface area contributed by atoms with E-state index in [0.29, 0.717) is 6.42 Å². The maximum absolute atomic E-state index is 9.33. The quantitative estimate of drug-likeness (QED) is 0.849. The predicted molar refractivity (Wildman–Crippen MR) is 61.4 cm³/mol. The molecule has 1 aromatic heterocycles. The van der Waals surface area contributed by atoms with Crippen molar-refractivity contribution in [1.82, 2.24) is 4.98 Å². The van der Waals surface area contributed by atoms with Gasteiger partial charge in [-0.2, -0.15) is 0 Å². The molecule has 14 heavy (non-hydrogen) atoms. The summed E-state index contributed by atoms with van der Waals surface area (Å²) in [6.07, 6.45) is 2.35. The van der Waals surface area contributed by atoms with E-state index in [1.165, 1.54) is 5.39 Å². The summed E-state index contributed by atoms with van der Waals surface area (Å²) in [5.74, 6) is 0. The van der Waals surface area contributed by atoms with Gasteiger partial charge in [-0.25, -0.2) is 0 Å². The van der Waals surface area contributed by atoms with E-state index in [0.717, 1.165) is 15.6 Å². The summed E-state index contributed by atoms with van der Waals surface area (Å²) < 4.78 is 1.07. The van der Waals surface area contributed by atoms with E-state index in [1.54, 1.807) is 6.92 Å². The van der Waals surface area contributed by atoms with Crippen molar-refractivity contribution in [2.75, 3.05) is 0 Å². The minimum atomic E-state index is -0.298. The fourth-order valence-electron chi connectivity index (χ4n) is 1.64. The van der Waals surface area contributed by atoms with Gasteiger partial charge in [-0.1, -0.05) is 15.9 Å². The lowest BCUT2D eigenvalue weighted by Crippen LogP contribution is -2.03. The molecule has 2 N–H and O–H groups in total. The fraction of sp³-hybridized carbons (Fsp3) is 0.273. The van der Waals surface area contributed by atoms with E-state index in [9.17, 15) is 5.11 Å². The number of aliphatic hydroxyl groups excluding tert-OH is 1. The van der Waals surface area contributed by atoms with Crippen LogP contribution >= 0.6 is 15.9 Å². The smallest absolute Gasteiger partial charge is 0.0553 e. The molecule has 0 spiro atoms. The number of aromatic nitrogens is 1. The van der Waals surface area contributed by atoms with Crippen molar-refractivity contribution < 1.29 is 5.11 Å². The molecule has 0 aliphatic heterocycles. The van der Waals surface area contributed by atoms with Crippen LogP contribution in [0.25, 0.3) is 10.9 Å². The molecule has 0 saturated carbocycles. The Labute approximate surface area is 91.1 Å². The number of H-pyrrole nitrogens is 1. The van der Waals surface area contributed by atoms with Crippen molar-refractivity contribution in [1.29, 1.82) is 0 Å². The summed E-state index contributed by atoms with van der Waals surface area (Å²) in [4.78, 5) is 3.19. The Morgan fingerprint density at radius 1 is 1.50 bits per heavy atom. The Hall–Kier alpha value is -0.800. The number of hydrogen-bond donors (Lipinski definition) is 2. The summed E-state index contributed by atoms with van der Waals surface area (Å²) in [6, 6.07) is 6.11. The predicted octanol–water partition coefficient (Wildman–Crippen LogP) is 2.85. The molecular weight excluding hydrogens is 242 g/mol. The highest BCUT2D eigenvalue weighted by Gasteiger charge is 2.06. The lowest BCUT2D eigenvalue weighted by atomic mass is 10.1. The Morgan fingerprint density at radius 3 is 3.00 bits per heavy atom. The van der Waals surface area contributed by atoms with Gasteiger partial charge < -0.3 is 10.1 Å². The standard InChI is InChI=1S/C11H12BrNO/c1-7(14)4-8-6-13-11-3-2-9(12)5-10(8)11/h2-3,5-7,13-14H,4H2,1H3. The number of fused-ring (bicyclic) bond motifs is 1. The van der Waals surface area contributed by atoms with E-state index in [4.69, 9.17) is 0 Å². The minimum absolute atomic E-state index is 0.298. The monoisotopic (exact) mass is 253 g/mol. The van der Waals surface area contributed by atoms with Gasteiger partial charge in [-0.05, 0) is 30.7 Å². The van der Waals surface area contributed by atoms with Crippen molar-refractivity contribution in [2.24, 2.45) is 0 Å². The maximum Gasteiger partial charge on any atom is 0.0553 e. The molecule has 0 aliphatic carbocycles. The molecule has 1 unspecified atom stereocenters. The molecule has 0 fully saturated rings. The molecule has 2 rings (SSSR count). The Balaban J connectivity index is 2.50. The first-order valence-electron chi connectivity index (χ1n) is 4.60. The number of aliphatic hydroxyl groups is 1. The largest absolute Gasteiger partial charge is 0.393 e. The average Bonchev–Trinajstić information content (AvgIpc) is 2.47. The molecule has 1 heterocycles. The molecule has 1 aromatic carbocycles. The van der Waals surface area contributed by atoms with Crippen molar-refractivity contribution >= 4 is 26.8 Å². The van der Waals surface area contributed by atoms with Gasteiger partial charge in [0.1, 0.15) is 0 Å². The van der Waals surface area contributed by atoms with Crippen molar-refractivity contribution in [3.05, 3.63) is 34.4 Å². The number of rotatable bonds is 2. The zero-order chi connectivity index (χ0) is 10.1. The molecule has 3 heteroatoms. The van der Waals surface area contributed by atoms with Crippen LogP contribution in [0.4, 0.5) is 0 Å². The van der Waals surface area contributed by atoms with Crippen LogP contribution < -0.4 is 0 Å². The SMILES string of the molecule is CC(O)Cc1c[nH]c2ccc(Br)cc12. The zero-order valence-corrected chi connectivity index (χ0v) is 9.51. The lowest BCUT2D eigenvalue weighted by Gasteiger charge is -2.02. The van der Waals surface area contributed by atoms with Crippen molar-refractivity contribution in [3.63, 3.8) is 0 Å². The fourth-order valence-corrected chi connectivity index (χ4v) is 2.00. The van der Waals surface area contributed by atoms with E-state index >= 15 is 0 Å². The van der Waals surface area contributed by atoms with Crippen molar-refractivity contribution in [3.8, 4) is 0 Å². The van der Waals surface area contributed by atoms with E-state index in [2.05, 4.69) is 27.0 Å². The Morgan fingerprint density at radius 2 is 2.29 bits per heavy atom. The molecule has 0 saturated heterocycles. The normalized spacial score (nSPS) is 13.4. The molecule has 0 aliphatic rings. The number of hydrogen-bond acceptors (Lipinski definition) is 1. The van der Waals surface area contributed by atoms with Crippen LogP contribution in [0.15, 0.2) is 28.9 Å². The van der Waals surface area contributed by atoms with Gasteiger partial charge >= 0.3 is 0 Å². The first-order chi connectivity index (χ1) is 6.66. The van der Waals surface area contributed by atoms with E-state index in [-0.39, 0.29) is 6.10 Å². The Kier molecular flexibility index (Phi) is 2.61. The van der Waals surface area contributed by atoms with Gasteiger partial charge in [0.05, 0.1) is 6.10 Å². The minimum Gasteiger partial charge on any atom is -0.393 e. The van der Waals surface area contributed by atoms with Crippen LogP contribution in [-0.4, -0.2) is 16.2 Å². The third kappa shape index (κ3) is 1.83. The van der Waals surface area contributed by atoms with Crippen LogP contribution in [0.5, 0.6) is 0 Å². The second-order valence-corrected chi connectivity index (χ2v) is 4.47. The summed E-state index contributed by atoms with van der Waals surface area (Å²) in [6.45, 7) is 1.80. The highest BCUT2D eigenvalue weighted by molar-refractivity contribution is 9.10. The molecule has 74 valence electrons. The third-order valence-corrected chi connectivity index (χ3v) is 2.74. The molecule has 2 nitrogen and oxygen atoms in total. The van der Waals surface area contributed by atoms with Crippen LogP contribution in [-0.2, 0) is 6.42 Å². The zero-order valence-electron chi connectivity index (χ0n) is 7.92. The van der Waals surface area contributed by atoms with Crippen LogP contribution in [0, 0.1) is 0 Å². The van der Waals surface area contributed by atoms with Gasteiger partial charge in [0.2, 0.25) is 0 Å². The molecule has 2 aromatic rings. The molecule has 0 radical (unpaired) electrons. The number of halogens is 1. The first kappa shape index (κ1) is 9.74. The Bertz CT molecular complexity index is 447. The number of nitrogens with one attached hydrogen (secondary N) is 1. The van der Waals surface area contributed by atoms with Crippen molar-refractivity contribution in [2.45, 2.75) is 19.4 Å². The molecule has 1 atom stereocenters. The summed E-state index contributed by atoms with van der Waals surface area (Å²) in [5, 5.41) is 10.5. The first-order valence-corrected chi connectivity index (χ1v) is 5.39. The highest BCUT2D eigenvalue weighted by atomic mass is 79.9. The van der Waals surface area contributed by atoms with Gasteiger partial charge in [0, 0.05) is 28.0 Å². The highest BCUT2D eigenvalue weighted by Crippen LogP contribution is 2.23. The molecule has 0 bridgehead atoms. The maximum atomic E-state index is 9.33. The average molecular weight is 254 g/mol. The van der Waals surface area contributed by atoms with Crippen LogP contribution in [0.2, 0.25) is 0 Å². The molecular formula is C11H12BrNO. The van der Waals surface area contributed by atoms with Gasteiger partial charge in [-0.15, -0.1) is 0 Å². The lowest BCUT2D eigenvalue weighted by molar-refractivity contribution is 0.196. The number of aromatic amines is 1. The summed E-state index contributed by atoms with van der Waals surface area (Å²) >= 11 is 3.44. The second-order valence-electron chi connectivity index (χ2n) is 3.56. The topological polar surface area (TPSA) is 36.0 Å². The summed E-state index contributed by atoms with van der Waals surface area (Å²) in [7, 11) is 0. The third-order valence-electron chi connectivity index (χ3n) is 2.24. The molecule has 0 amide bonds. The summed E-state index contributed by atoms with van der Waals surface area (Å²) in [5.41, 5.74) is 2.28.